The first kappa shape index (κ1) is 28.8. The third-order valence-corrected chi connectivity index (χ3v) is 5.13. The summed E-state index contributed by atoms with van der Waals surface area (Å²) < 4.78 is 6.53. The van der Waals surface area contributed by atoms with Gasteiger partial charge in [-0.3, -0.25) is 9.59 Å². The van der Waals surface area contributed by atoms with Gasteiger partial charge >= 0.3 is 0 Å². The number of carbonyl (C=O) groups excluding carboxylic acids is 2. The molecular formula is C20H18BrCl2N6O4Y-. The van der Waals surface area contributed by atoms with Crippen molar-refractivity contribution < 1.29 is 51.9 Å². The van der Waals surface area contributed by atoms with Gasteiger partial charge in [0.05, 0.1) is 22.9 Å². The third kappa shape index (κ3) is 7.28. The van der Waals surface area contributed by atoms with Crippen LogP contribution in [0.5, 0.6) is 0 Å². The van der Waals surface area contributed by atoms with Gasteiger partial charge in [0.2, 0.25) is 5.91 Å². The van der Waals surface area contributed by atoms with Gasteiger partial charge in [-0.15, -0.1) is 0 Å². The largest absolute Gasteiger partial charge is 0.465 e. The van der Waals surface area contributed by atoms with Crippen LogP contribution < -0.4 is 10.7 Å². The maximum atomic E-state index is 13.2. The molecule has 34 heavy (non-hydrogen) atoms. The molecule has 0 saturated carbocycles. The van der Waals surface area contributed by atoms with Crippen LogP contribution in [0.2, 0.25) is 10.0 Å². The van der Waals surface area contributed by atoms with Gasteiger partial charge in [-0.1, -0.05) is 23.2 Å². The van der Waals surface area contributed by atoms with Crippen molar-refractivity contribution in [1.29, 1.82) is 0 Å². The molecule has 0 aliphatic carbocycles. The summed E-state index contributed by atoms with van der Waals surface area (Å²) in [5.41, 5.74) is 6.80. The Labute approximate surface area is 239 Å². The van der Waals surface area contributed by atoms with Crippen LogP contribution in [0.3, 0.4) is 0 Å². The number of nitrogens with zero attached hydrogens (tertiary/aromatic N) is 4. The fourth-order valence-corrected chi connectivity index (χ4v) is 3.62. The molecule has 2 amide bonds. The SMILES string of the molecule is COCCO[N-]NC(=O)c1cc(Cl)cc(C)c1NC(=O)c1cc(Br)nn1-c1ncccc1Cl.[Y]. The molecule has 0 spiro atoms. The second kappa shape index (κ2) is 13.6. The molecule has 0 aliphatic rings. The molecule has 14 heteroatoms. The molecule has 1 radical (unpaired) electrons. The number of amides is 2. The number of aryl methyl sites for hydroxylation is 1. The molecular weight excluding hydrogens is 628 g/mol. The zero-order chi connectivity index (χ0) is 24.0. The summed E-state index contributed by atoms with van der Waals surface area (Å²) in [6.45, 7) is 2.16. The second-order valence-electron chi connectivity index (χ2n) is 6.53. The molecule has 177 valence electrons. The number of benzene rings is 1. The number of ether oxygens (including phenoxy) is 1. The molecule has 2 N–H and O–H groups in total. The molecule has 0 atom stereocenters. The van der Waals surface area contributed by atoms with Crippen molar-refractivity contribution in [1.82, 2.24) is 20.2 Å². The van der Waals surface area contributed by atoms with E-state index < -0.39 is 11.8 Å². The molecule has 10 nitrogen and oxygen atoms in total. The monoisotopic (exact) mass is 644 g/mol. The van der Waals surface area contributed by atoms with Crippen molar-refractivity contribution in [3.63, 3.8) is 0 Å². The van der Waals surface area contributed by atoms with Gasteiger partial charge in [0.15, 0.2) is 5.82 Å². The summed E-state index contributed by atoms with van der Waals surface area (Å²) in [6.07, 6.45) is 1.53. The van der Waals surface area contributed by atoms with E-state index in [1.165, 1.54) is 30.1 Å². The van der Waals surface area contributed by atoms with Crippen LogP contribution in [0.15, 0.2) is 41.1 Å². The van der Waals surface area contributed by atoms with E-state index in [0.29, 0.717) is 26.8 Å². The van der Waals surface area contributed by atoms with Gasteiger partial charge in [-0.25, -0.2) is 9.67 Å². The number of nitrogens with one attached hydrogen (secondary N) is 2. The van der Waals surface area contributed by atoms with E-state index in [4.69, 9.17) is 32.8 Å². The Hall–Kier alpha value is -1.44. The van der Waals surface area contributed by atoms with Gasteiger partial charge in [-0.05, 0) is 52.7 Å². The van der Waals surface area contributed by atoms with E-state index in [0.717, 1.165) is 0 Å². The molecule has 1 aromatic carbocycles. The Morgan fingerprint density at radius 1 is 1.21 bits per heavy atom. The number of hydrogen-bond acceptors (Lipinski definition) is 6. The van der Waals surface area contributed by atoms with Crippen LogP contribution >= 0.6 is 39.1 Å². The molecule has 0 bridgehead atoms. The Morgan fingerprint density at radius 2 is 1.97 bits per heavy atom. The summed E-state index contributed by atoms with van der Waals surface area (Å²) in [7, 11) is 1.51. The fraction of sp³-hybridized carbons (Fsp3) is 0.200. The van der Waals surface area contributed by atoms with Crippen molar-refractivity contribution in [2.75, 3.05) is 25.6 Å². The van der Waals surface area contributed by atoms with Crippen molar-refractivity contribution >= 4 is 56.6 Å². The van der Waals surface area contributed by atoms with E-state index in [9.17, 15) is 9.59 Å². The van der Waals surface area contributed by atoms with Gasteiger partial charge in [0.25, 0.3) is 5.91 Å². The maximum absolute atomic E-state index is 13.2. The molecule has 2 aromatic heterocycles. The van der Waals surface area contributed by atoms with E-state index in [1.807, 2.05) is 0 Å². The van der Waals surface area contributed by atoms with E-state index in [-0.39, 0.29) is 62.1 Å². The zero-order valence-electron chi connectivity index (χ0n) is 18.0. The number of carbonyl (C=O) groups is 2. The maximum Gasteiger partial charge on any atom is 0.274 e. The Balaban J connectivity index is 0.00000408. The molecule has 0 saturated heterocycles. The number of methoxy groups -OCH3 is 1. The van der Waals surface area contributed by atoms with Gasteiger partial charge in [0.1, 0.15) is 10.3 Å². The van der Waals surface area contributed by atoms with Gasteiger partial charge < -0.3 is 25.9 Å². The van der Waals surface area contributed by atoms with Crippen LogP contribution in [0.1, 0.15) is 26.4 Å². The number of pyridine rings is 1. The average molecular weight is 646 g/mol. The standard InChI is InChI=1S/C20H19BrCl2N6O4.Y/c1-11-8-12(22)9-13(19(30)26-28-33-7-6-32-2)17(11)25-20(31)15-10-16(21)27-29(15)18-14(23)4-3-5-24-18;/h3-5,8-10H,6-7H2,1-2H3,(H3,25,26,27,28,30,31);/p-1. The molecule has 0 aliphatic heterocycles. The summed E-state index contributed by atoms with van der Waals surface area (Å²) in [4.78, 5) is 35.0. The third-order valence-electron chi connectivity index (χ3n) is 4.23. The summed E-state index contributed by atoms with van der Waals surface area (Å²) >= 11 is 15.6. The normalized spacial score (nSPS) is 10.5. The van der Waals surface area contributed by atoms with Crippen molar-refractivity contribution in [3.8, 4) is 5.82 Å². The topological polar surface area (TPSA) is 121 Å². The van der Waals surface area contributed by atoms with Crippen LogP contribution in [0.25, 0.3) is 11.4 Å². The van der Waals surface area contributed by atoms with E-state index >= 15 is 0 Å². The second-order valence-corrected chi connectivity index (χ2v) is 8.19. The van der Waals surface area contributed by atoms with E-state index in [1.54, 1.807) is 25.1 Å². The number of rotatable bonds is 9. The van der Waals surface area contributed by atoms with Crippen LogP contribution in [0, 0.1) is 6.92 Å². The summed E-state index contributed by atoms with van der Waals surface area (Å²) in [5, 5.41) is 7.61. The predicted molar refractivity (Wildman–Crippen MR) is 127 cm³/mol. The minimum absolute atomic E-state index is 0. The predicted octanol–water partition coefficient (Wildman–Crippen LogP) is 4.49. The molecule has 0 unspecified atom stereocenters. The number of aromatic nitrogens is 3. The van der Waals surface area contributed by atoms with Crippen molar-refractivity contribution in [2.45, 2.75) is 6.92 Å². The van der Waals surface area contributed by atoms with Crippen LogP contribution in [-0.2, 0) is 42.3 Å². The van der Waals surface area contributed by atoms with Crippen molar-refractivity contribution in [2.24, 2.45) is 0 Å². The molecule has 3 rings (SSSR count). The first-order valence-electron chi connectivity index (χ1n) is 9.41. The Kier molecular flexibility index (Phi) is 11.5. The van der Waals surface area contributed by atoms with Crippen molar-refractivity contribution in [3.05, 3.63) is 73.6 Å². The number of anilines is 1. The number of halogens is 3. The smallest absolute Gasteiger partial charge is 0.274 e. The summed E-state index contributed by atoms with van der Waals surface area (Å²) in [6, 6.07) is 7.82. The van der Waals surface area contributed by atoms with E-state index in [2.05, 4.69) is 42.3 Å². The number of hydrogen-bond donors (Lipinski definition) is 2. The van der Waals surface area contributed by atoms with Crippen LogP contribution in [-0.4, -0.2) is 46.9 Å². The first-order valence-corrected chi connectivity index (χ1v) is 11.0. The molecule has 2 heterocycles. The Bertz CT molecular complexity index is 1180. The minimum Gasteiger partial charge on any atom is -0.465 e. The minimum atomic E-state index is -0.629. The fourth-order valence-electron chi connectivity index (χ4n) is 2.77. The zero-order valence-corrected chi connectivity index (χ0v) is 23.9. The summed E-state index contributed by atoms with van der Waals surface area (Å²) in [5.74, 6) is -0.911. The van der Waals surface area contributed by atoms with Gasteiger partial charge in [0, 0.05) is 63.7 Å². The van der Waals surface area contributed by atoms with Crippen LogP contribution in [0.4, 0.5) is 5.69 Å². The first-order chi connectivity index (χ1) is 15.8. The molecule has 3 aromatic rings. The van der Waals surface area contributed by atoms with Gasteiger partial charge in [-0.2, -0.15) is 5.10 Å². The Morgan fingerprint density at radius 3 is 2.68 bits per heavy atom. The average Bonchev–Trinajstić information content (AvgIpc) is 3.17. The molecule has 0 fully saturated rings. The quantitative estimate of drug-likeness (QED) is 0.261.